The molecule has 146 valence electrons. The van der Waals surface area contributed by atoms with Gasteiger partial charge in [0, 0.05) is 6.54 Å². The summed E-state index contributed by atoms with van der Waals surface area (Å²) in [5.74, 6) is 0.860. The van der Waals surface area contributed by atoms with Crippen molar-refractivity contribution in [2.24, 2.45) is 16.7 Å². The van der Waals surface area contributed by atoms with Gasteiger partial charge in [-0.3, -0.25) is 4.79 Å². The summed E-state index contributed by atoms with van der Waals surface area (Å²) in [4.78, 5) is 13.6. The van der Waals surface area contributed by atoms with Crippen LogP contribution in [0.5, 0.6) is 0 Å². The van der Waals surface area contributed by atoms with Gasteiger partial charge >= 0.3 is 0 Å². The Balaban J connectivity index is 1.46. The fourth-order valence-corrected chi connectivity index (χ4v) is 7.62. The highest BCUT2D eigenvalue weighted by Gasteiger charge is 2.64. The first kappa shape index (κ1) is 17.7. The summed E-state index contributed by atoms with van der Waals surface area (Å²) in [6.45, 7) is 3.85. The summed E-state index contributed by atoms with van der Waals surface area (Å²) in [6, 6.07) is 10.8. The van der Waals surface area contributed by atoms with Gasteiger partial charge in [-0.1, -0.05) is 37.3 Å². The second kappa shape index (κ2) is 6.05. The van der Waals surface area contributed by atoms with Gasteiger partial charge in [0.15, 0.2) is 0 Å². The van der Waals surface area contributed by atoms with Crippen molar-refractivity contribution in [1.82, 2.24) is 10.6 Å². The van der Waals surface area contributed by atoms with E-state index in [1.165, 1.54) is 24.8 Å². The third-order valence-corrected chi connectivity index (χ3v) is 7.98. The molecule has 4 saturated carbocycles. The lowest BCUT2D eigenvalue weighted by Crippen LogP contribution is -2.64. The van der Waals surface area contributed by atoms with E-state index in [-0.39, 0.29) is 28.2 Å². The Bertz CT molecular complexity index is 737. The Hall–Kier alpha value is -1.39. The topological polar surface area (TPSA) is 61.4 Å². The van der Waals surface area contributed by atoms with Gasteiger partial charge in [-0.2, -0.15) is 0 Å². The van der Waals surface area contributed by atoms with Crippen molar-refractivity contribution in [3.05, 3.63) is 35.9 Å². The van der Waals surface area contributed by atoms with Crippen molar-refractivity contribution in [3.63, 3.8) is 0 Å². The number of aliphatic hydroxyl groups excluding tert-OH is 1. The molecular weight excluding hydrogens is 336 g/mol. The minimum Gasteiger partial charge on any atom is -0.390 e. The smallest absolute Gasteiger partial charge is 0.226 e. The monoisotopic (exact) mass is 368 g/mol. The average molecular weight is 369 g/mol. The Labute approximate surface area is 162 Å². The third-order valence-electron chi connectivity index (χ3n) is 7.98. The number of hydrogen-bond donors (Lipinski definition) is 3. The molecule has 5 fully saturated rings. The lowest BCUT2D eigenvalue weighted by molar-refractivity contribution is -0.161. The number of nitrogens with one attached hydrogen (secondary N) is 2. The van der Waals surface area contributed by atoms with Crippen LogP contribution in [0.15, 0.2) is 30.3 Å². The van der Waals surface area contributed by atoms with E-state index in [0.717, 1.165) is 32.2 Å². The van der Waals surface area contributed by atoms with Gasteiger partial charge in [0.2, 0.25) is 5.91 Å². The van der Waals surface area contributed by atoms with Crippen molar-refractivity contribution in [3.8, 4) is 0 Å². The Morgan fingerprint density at radius 2 is 1.96 bits per heavy atom. The van der Waals surface area contributed by atoms with Crippen LogP contribution >= 0.6 is 0 Å². The minimum atomic E-state index is -0.477. The van der Waals surface area contributed by atoms with Crippen LogP contribution in [-0.4, -0.2) is 36.2 Å². The van der Waals surface area contributed by atoms with E-state index >= 15 is 0 Å². The molecule has 1 heterocycles. The molecule has 0 aromatic heterocycles. The lowest BCUT2D eigenvalue weighted by atomic mass is 9.38. The highest BCUT2D eigenvalue weighted by molar-refractivity contribution is 5.84. The van der Waals surface area contributed by atoms with Crippen molar-refractivity contribution < 1.29 is 9.90 Å². The summed E-state index contributed by atoms with van der Waals surface area (Å²) in [5, 5.41) is 16.8. The molecule has 5 aliphatic rings. The van der Waals surface area contributed by atoms with Crippen LogP contribution in [-0.2, 0) is 10.2 Å². The third kappa shape index (κ3) is 2.84. The number of aliphatic hydroxyl groups is 1. The predicted octanol–water partition coefficient (Wildman–Crippen LogP) is 2.75. The summed E-state index contributed by atoms with van der Waals surface area (Å²) in [6.07, 6.45) is 7.07. The highest BCUT2D eigenvalue weighted by Crippen LogP contribution is 2.70. The molecule has 6 rings (SSSR count). The summed E-state index contributed by atoms with van der Waals surface area (Å²) >= 11 is 0. The van der Waals surface area contributed by atoms with Gasteiger partial charge in [0.25, 0.3) is 0 Å². The van der Waals surface area contributed by atoms with E-state index in [0.29, 0.717) is 12.5 Å². The molecule has 4 bridgehead atoms. The van der Waals surface area contributed by atoms with Crippen LogP contribution in [0.25, 0.3) is 0 Å². The van der Waals surface area contributed by atoms with E-state index in [4.69, 9.17) is 0 Å². The average Bonchev–Trinajstić information content (AvgIpc) is 2.62. The molecule has 6 atom stereocenters. The van der Waals surface area contributed by atoms with Crippen molar-refractivity contribution in [1.29, 1.82) is 0 Å². The van der Waals surface area contributed by atoms with Gasteiger partial charge in [-0.05, 0) is 73.8 Å². The van der Waals surface area contributed by atoms with Gasteiger partial charge in [-0.25, -0.2) is 0 Å². The maximum Gasteiger partial charge on any atom is 0.226 e. The number of rotatable bonds is 3. The van der Waals surface area contributed by atoms with Gasteiger partial charge in [0.05, 0.1) is 17.6 Å². The van der Waals surface area contributed by atoms with E-state index in [1.807, 2.05) is 0 Å². The van der Waals surface area contributed by atoms with Crippen molar-refractivity contribution >= 4 is 5.91 Å². The molecule has 4 heteroatoms. The molecule has 0 radical (unpaired) electrons. The number of carbonyl (C=O) groups excluding carboxylic acids is 1. The first-order valence-corrected chi connectivity index (χ1v) is 10.7. The molecule has 27 heavy (non-hydrogen) atoms. The normalized spacial score (nSPS) is 45.6. The standard InChI is InChI=1S/C23H32N2O2/c1-21-9-16-10-22(13-21,17-5-3-2-4-6-17)15-23(11-16,14-21)20(27)25-18-7-8-24-12-19(18)26/h2-6,16,18-19,24,26H,7-15H2,1H3,(H,25,27)/t16?,18-,19-,21-,22?,23?/m1/s1. The van der Waals surface area contributed by atoms with Gasteiger partial charge < -0.3 is 15.7 Å². The number of β-amino-alcohol motifs (C(OH)–C–C–N with tert-alkyl or cyclic N) is 1. The van der Waals surface area contributed by atoms with Crippen molar-refractivity contribution in [2.45, 2.75) is 69.4 Å². The van der Waals surface area contributed by atoms with Gasteiger partial charge in [-0.15, -0.1) is 0 Å². The number of piperidine rings is 1. The molecule has 3 unspecified atom stereocenters. The summed E-state index contributed by atoms with van der Waals surface area (Å²) in [5.41, 5.74) is 1.59. The van der Waals surface area contributed by atoms with Crippen molar-refractivity contribution in [2.75, 3.05) is 13.1 Å². The maximum atomic E-state index is 13.6. The molecule has 1 aromatic rings. The molecule has 4 aliphatic carbocycles. The molecular formula is C23H32N2O2. The van der Waals surface area contributed by atoms with Gasteiger partial charge in [0.1, 0.15) is 0 Å². The Kier molecular flexibility index (Phi) is 3.97. The first-order chi connectivity index (χ1) is 12.9. The van der Waals surface area contributed by atoms with E-state index in [2.05, 4.69) is 47.9 Å². The number of amides is 1. The van der Waals surface area contributed by atoms with Crippen LogP contribution < -0.4 is 10.6 Å². The van der Waals surface area contributed by atoms with Crippen LogP contribution in [0.4, 0.5) is 0 Å². The van der Waals surface area contributed by atoms with E-state index in [9.17, 15) is 9.90 Å². The molecule has 3 N–H and O–H groups in total. The second-order valence-corrected chi connectivity index (χ2v) is 10.4. The number of benzene rings is 1. The first-order valence-electron chi connectivity index (χ1n) is 10.7. The van der Waals surface area contributed by atoms with Crippen LogP contribution in [0.3, 0.4) is 0 Å². The zero-order chi connectivity index (χ0) is 18.7. The number of carbonyl (C=O) groups is 1. The maximum absolute atomic E-state index is 13.6. The fraction of sp³-hybridized carbons (Fsp3) is 0.696. The molecule has 4 nitrogen and oxygen atoms in total. The number of hydrogen-bond acceptors (Lipinski definition) is 3. The largest absolute Gasteiger partial charge is 0.390 e. The minimum absolute atomic E-state index is 0.104. The quantitative estimate of drug-likeness (QED) is 0.769. The van der Waals surface area contributed by atoms with Crippen LogP contribution in [0.2, 0.25) is 0 Å². The van der Waals surface area contributed by atoms with Crippen LogP contribution in [0.1, 0.15) is 57.4 Å². The molecule has 1 amide bonds. The predicted molar refractivity (Wildman–Crippen MR) is 105 cm³/mol. The second-order valence-electron chi connectivity index (χ2n) is 10.4. The van der Waals surface area contributed by atoms with Crippen LogP contribution in [0, 0.1) is 16.7 Å². The highest BCUT2D eigenvalue weighted by atomic mass is 16.3. The molecule has 0 spiro atoms. The lowest BCUT2D eigenvalue weighted by Gasteiger charge is -2.65. The summed E-state index contributed by atoms with van der Waals surface area (Å²) < 4.78 is 0. The molecule has 1 aliphatic heterocycles. The SMILES string of the molecule is C[C@@]12CC3CC(C(=O)N[C@@H]4CCNC[C@H]4O)(CC(c4ccccc4)(C3)C1)C2. The Morgan fingerprint density at radius 1 is 1.15 bits per heavy atom. The zero-order valence-electron chi connectivity index (χ0n) is 16.3. The summed E-state index contributed by atoms with van der Waals surface area (Å²) in [7, 11) is 0. The fourth-order valence-electron chi connectivity index (χ4n) is 7.62. The molecule has 1 saturated heterocycles. The zero-order valence-corrected chi connectivity index (χ0v) is 16.3. The molecule has 1 aromatic carbocycles. The Morgan fingerprint density at radius 3 is 2.70 bits per heavy atom. The van der Waals surface area contributed by atoms with E-state index in [1.54, 1.807) is 0 Å². The van der Waals surface area contributed by atoms with E-state index < -0.39 is 6.10 Å².